The average Bonchev–Trinajstić information content (AvgIpc) is 2.50. The average molecular weight is 299 g/mol. The molecule has 0 saturated carbocycles. The van der Waals surface area contributed by atoms with Crippen molar-refractivity contribution >= 4 is 27.8 Å². The van der Waals surface area contributed by atoms with Gasteiger partial charge in [-0.3, -0.25) is 4.79 Å². The molecule has 0 radical (unpaired) electrons. The van der Waals surface area contributed by atoms with Gasteiger partial charge < -0.3 is 13.7 Å². The molecule has 0 bridgehead atoms. The van der Waals surface area contributed by atoms with E-state index in [9.17, 15) is 14.4 Å². The molecule has 0 amide bonds. The van der Waals surface area contributed by atoms with Crippen LogP contribution in [0.3, 0.4) is 0 Å². The Hall–Kier alpha value is -2.89. The van der Waals surface area contributed by atoms with Crippen LogP contribution in [0.25, 0.3) is 21.9 Å². The maximum atomic E-state index is 12.7. The summed E-state index contributed by atoms with van der Waals surface area (Å²) in [6.45, 7) is 1.82. The zero-order valence-corrected chi connectivity index (χ0v) is 12.1. The number of hydrogen-bond acceptors (Lipinski definition) is 5. The minimum atomic E-state index is -0.706. The number of rotatable bonds is 2. The van der Waals surface area contributed by atoms with Gasteiger partial charge in [-0.2, -0.15) is 0 Å². The molecular weight excluding hydrogens is 286 g/mol. The topological polar surface area (TPSA) is 78.5 Å². The molecule has 0 atom stereocenters. The quantitative estimate of drug-likeness (QED) is 0.410. The van der Waals surface area contributed by atoms with Gasteiger partial charge in [-0.1, -0.05) is 18.2 Å². The van der Waals surface area contributed by atoms with Crippen LogP contribution in [0.1, 0.15) is 17.3 Å². The van der Waals surface area contributed by atoms with Crippen LogP contribution in [0.2, 0.25) is 0 Å². The van der Waals surface area contributed by atoms with Crippen LogP contribution in [-0.4, -0.2) is 17.1 Å². The molecule has 0 aliphatic heterocycles. The molecule has 3 aromatic rings. The first-order valence-corrected chi connectivity index (χ1v) is 6.77. The van der Waals surface area contributed by atoms with Crippen LogP contribution >= 0.6 is 0 Å². The summed E-state index contributed by atoms with van der Waals surface area (Å²) in [6.07, 6.45) is 1.30. The molecule has 6 heteroatoms. The minimum absolute atomic E-state index is 0.104. The van der Waals surface area contributed by atoms with Crippen molar-refractivity contribution in [1.82, 2.24) is 4.57 Å². The van der Waals surface area contributed by atoms with Gasteiger partial charge in [0.2, 0.25) is 5.43 Å². The first-order chi connectivity index (χ1) is 10.5. The Morgan fingerprint density at radius 3 is 2.73 bits per heavy atom. The molecule has 22 heavy (non-hydrogen) atoms. The smallest absolute Gasteiger partial charge is 0.361 e. The number of aromatic nitrogens is 1. The fourth-order valence-electron chi connectivity index (χ4n) is 2.50. The van der Waals surface area contributed by atoms with E-state index in [1.807, 2.05) is 0 Å². The van der Waals surface area contributed by atoms with E-state index in [-0.39, 0.29) is 23.1 Å². The van der Waals surface area contributed by atoms with Crippen LogP contribution in [-0.2, 0) is 11.8 Å². The zero-order chi connectivity index (χ0) is 15.9. The van der Waals surface area contributed by atoms with Gasteiger partial charge >= 0.3 is 11.6 Å². The van der Waals surface area contributed by atoms with Gasteiger partial charge in [-0.15, -0.1) is 0 Å². The van der Waals surface area contributed by atoms with Crippen LogP contribution in [0.4, 0.5) is 0 Å². The molecule has 0 saturated heterocycles. The Labute approximate surface area is 124 Å². The highest BCUT2D eigenvalue weighted by Gasteiger charge is 2.19. The summed E-state index contributed by atoms with van der Waals surface area (Å²) in [5.41, 5.74) is -0.832. The lowest BCUT2D eigenvalue weighted by molar-refractivity contribution is 0.0524. The normalized spacial score (nSPS) is 11.0. The maximum absolute atomic E-state index is 12.7. The second-order valence-electron chi connectivity index (χ2n) is 4.81. The molecule has 0 aliphatic rings. The van der Waals surface area contributed by atoms with Crippen LogP contribution < -0.4 is 11.1 Å². The van der Waals surface area contributed by atoms with Gasteiger partial charge in [0, 0.05) is 18.6 Å². The predicted molar refractivity (Wildman–Crippen MR) is 81.2 cm³/mol. The summed E-state index contributed by atoms with van der Waals surface area (Å²) >= 11 is 0. The van der Waals surface area contributed by atoms with E-state index in [0.717, 1.165) is 0 Å². The lowest BCUT2D eigenvalue weighted by Crippen LogP contribution is -2.23. The van der Waals surface area contributed by atoms with E-state index in [4.69, 9.17) is 9.15 Å². The van der Waals surface area contributed by atoms with Crippen molar-refractivity contribution in [3.63, 3.8) is 0 Å². The summed E-state index contributed by atoms with van der Waals surface area (Å²) < 4.78 is 11.5. The van der Waals surface area contributed by atoms with Gasteiger partial charge in [-0.05, 0) is 13.0 Å². The molecule has 3 rings (SSSR count). The zero-order valence-electron chi connectivity index (χ0n) is 12.1. The number of fused-ring (bicyclic) bond motifs is 3. The Morgan fingerprint density at radius 1 is 1.27 bits per heavy atom. The van der Waals surface area contributed by atoms with E-state index in [1.54, 1.807) is 38.2 Å². The highest BCUT2D eigenvalue weighted by atomic mass is 16.5. The van der Waals surface area contributed by atoms with Crippen molar-refractivity contribution < 1.29 is 13.9 Å². The van der Waals surface area contributed by atoms with Crippen molar-refractivity contribution in [2.75, 3.05) is 6.61 Å². The first-order valence-electron chi connectivity index (χ1n) is 6.77. The lowest BCUT2D eigenvalue weighted by atomic mass is 10.1. The molecule has 0 unspecified atom stereocenters. The van der Waals surface area contributed by atoms with Gasteiger partial charge in [0.05, 0.1) is 12.0 Å². The van der Waals surface area contributed by atoms with Crippen molar-refractivity contribution in [3.05, 3.63) is 56.7 Å². The number of pyridine rings is 1. The summed E-state index contributed by atoms with van der Waals surface area (Å²) in [5.74, 6) is -0.706. The molecule has 112 valence electrons. The van der Waals surface area contributed by atoms with Gasteiger partial charge in [0.1, 0.15) is 16.7 Å². The lowest BCUT2D eigenvalue weighted by Gasteiger charge is -2.09. The molecule has 1 aromatic carbocycles. The van der Waals surface area contributed by atoms with Crippen molar-refractivity contribution in [1.29, 1.82) is 0 Å². The number of esters is 1. The number of nitrogens with zero attached hydrogens (tertiary/aromatic N) is 1. The SMILES string of the molecule is CCOC(=O)c1cn(C)c2c(=O)oc3ccccc3c2c1=O. The number of ether oxygens (including phenoxy) is 1. The summed E-state index contributed by atoms with van der Waals surface area (Å²) in [7, 11) is 1.58. The third-order valence-electron chi connectivity index (χ3n) is 3.43. The van der Waals surface area contributed by atoms with Crippen molar-refractivity contribution in [3.8, 4) is 0 Å². The highest BCUT2D eigenvalue weighted by molar-refractivity contribution is 6.05. The molecule has 0 spiro atoms. The molecule has 2 heterocycles. The van der Waals surface area contributed by atoms with E-state index in [0.29, 0.717) is 11.0 Å². The Morgan fingerprint density at radius 2 is 2.00 bits per heavy atom. The molecule has 0 N–H and O–H groups in total. The summed E-state index contributed by atoms with van der Waals surface area (Å²) in [6, 6.07) is 6.72. The van der Waals surface area contributed by atoms with E-state index >= 15 is 0 Å². The second-order valence-corrected chi connectivity index (χ2v) is 4.81. The Bertz CT molecular complexity index is 1010. The molecule has 6 nitrogen and oxygen atoms in total. The monoisotopic (exact) mass is 299 g/mol. The highest BCUT2D eigenvalue weighted by Crippen LogP contribution is 2.20. The fourth-order valence-corrected chi connectivity index (χ4v) is 2.50. The van der Waals surface area contributed by atoms with E-state index in [2.05, 4.69) is 0 Å². The molecular formula is C16H13NO5. The molecule has 0 fully saturated rings. The minimum Gasteiger partial charge on any atom is -0.462 e. The fraction of sp³-hybridized carbons (Fsp3) is 0.188. The number of carbonyl (C=O) groups is 1. The van der Waals surface area contributed by atoms with E-state index in [1.165, 1.54) is 10.8 Å². The maximum Gasteiger partial charge on any atom is 0.361 e. The standard InChI is InChI=1S/C16H13NO5/c1-3-21-15(19)10-8-17(2)13-12(14(10)18)9-6-4-5-7-11(9)22-16(13)20/h4-8H,3H2,1-2H3. The van der Waals surface area contributed by atoms with Crippen LogP contribution in [0.15, 0.2) is 44.5 Å². The van der Waals surface area contributed by atoms with Crippen molar-refractivity contribution in [2.24, 2.45) is 7.05 Å². The Balaban J connectivity index is 2.54. The number of benzene rings is 1. The van der Waals surface area contributed by atoms with Gasteiger partial charge in [0.15, 0.2) is 0 Å². The van der Waals surface area contributed by atoms with Crippen molar-refractivity contribution in [2.45, 2.75) is 6.92 Å². The third kappa shape index (κ3) is 2.00. The Kier molecular flexibility index (Phi) is 3.29. The molecule has 0 aliphatic carbocycles. The van der Waals surface area contributed by atoms with Crippen LogP contribution in [0, 0.1) is 0 Å². The number of hydrogen-bond donors (Lipinski definition) is 0. The second kappa shape index (κ2) is 5.14. The molecule has 2 aromatic heterocycles. The first kappa shape index (κ1) is 14.1. The van der Waals surface area contributed by atoms with E-state index < -0.39 is 17.0 Å². The number of para-hydroxylation sites is 1. The summed E-state index contributed by atoms with van der Waals surface area (Å²) in [5, 5.41) is 0.656. The predicted octanol–water partition coefficient (Wildman–Crippen LogP) is 1.82. The summed E-state index contributed by atoms with van der Waals surface area (Å²) in [4.78, 5) is 36.7. The number of aryl methyl sites for hydroxylation is 1. The van der Waals surface area contributed by atoms with Crippen LogP contribution in [0.5, 0.6) is 0 Å². The van der Waals surface area contributed by atoms with Gasteiger partial charge in [-0.25, -0.2) is 9.59 Å². The third-order valence-corrected chi connectivity index (χ3v) is 3.43. The van der Waals surface area contributed by atoms with Gasteiger partial charge in [0.25, 0.3) is 0 Å². The number of carbonyl (C=O) groups excluding carboxylic acids is 1. The largest absolute Gasteiger partial charge is 0.462 e.